The standard InChI is InChI=1S/C19H29N3O2S2/c1-7-8-12(4)20-15(23)10-25-19-21-17-16(13(5)14(6)26-17)18(24)22(19)9-11(2)3/h11-12H,7-10H2,1-6H3,(H,20,23). The second kappa shape index (κ2) is 9.04. The Morgan fingerprint density at radius 3 is 2.62 bits per heavy atom. The lowest BCUT2D eigenvalue weighted by atomic mass is 10.2. The monoisotopic (exact) mass is 395 g/mol. The predicted molar refractivity (Wildman–Crippen MR) is 111 cm³/mol. The van der Waals surface area contributed by atoms with E-state index in [-0.39, 0.29) is 23.3 Å². The number of amides is 1. The van der Waals surface area contributed by atoms with Crippen LogP contribution in [0.2, 0.25) is 0 Å². The molecule has 0 aromatic carbocycles. The zero-order valence-electron chi connectivity index (χ0n) is 16.5. The van der Waals surface area contributed by atoms with Crippen LogP contribution in [0.3, 0.4) is 0 Å². The van der Waals surface area contributed by atoms with E-state index in [0.717, 1.165) is 33.5 Å². The van der Waals surface area contributed by atoms with Crippen molar-refractivity contribution >= 4 is 39.2 Å². The number of hydrogen-bond acceptors (Lipinski definition) is 5. The summed E-state index contributed by atoms with van der Waals surface area (Å²) < 4.78 is 1.74. The van der Waals surface area contributed by atoms with E-state index in [1.54, 1.807) is 15.9 Å². The van der Waals surface area contributed by atoms with Crippen LogP contribution >= 0.6 is 23.1 Å². The Morgan fingerprint density at radius 2 is 2.00 bits per heavy atom. The molecule has 1 N–H and O–H groups in total. The van der Waals surface area contributed by atoms with E-state index in [0.29, 0.717) is 17.6 Å². The van der Waals surface area contributed by atoms with E-state index in [2.05, 4.69) is 26.1 Å². The molecule has 144 valence electrons. The van der Waals surface area contributed by atoms with E-state index in [1.807, 2.05) is 20.8 Å². The smallest absolute Gasteiger partial charge is 0.263 e. The molecule has 0 saturated carbocycles. The quantitative estimate of drug-likeness (QED) is 0.539. The van der Waals surface area contributed by atoms with Gasteiger partial charge >= 0.3 is 0 Å². The van der Waals surface area contributed by atoms with Gasteiger partial charge in [0, 0.05) is 17.5 Å². The van der Waals surface area contributed by atoms with Crippen LogP contribution in [0.5, 0.6) is 0 Å². The summed E-state index contributed by atoms with van der Waals surface area (Å²) >= 11 is 2.90. The first kappa shape index (κ1) is 21.0. The van der Waals surface area contributed by atoms with Crippen LogP contribution in [-0.2, 0) is 11.3 Å². The minimum absolute atomic E-state index is 0.00723. The molecular weight excluding hydrogens is 366 g/mol. The highest BCUT2D eigenvalue weighted by Gasteiger charge is 2.18. The van der Waals surface area contributed by atoms with Crippen molar-refractivity contribution in [2.45, 2.75) is 72.1 Å². The molecule has 0 saturated heterocycles. The molecule has 0 aliphatic heterocycles. The molecule has 2 aromatic rings. The van der Waals surface area contributed by atoms with Gasteiger partial charge in [-0.3, -0.25) is 14.2 Å². The maximum absolute atomic E-state index is 13.0. The molecule has 1 atom stereocenters. The second-order valence-corrected chi connectivity index (χ2v) is 9.36. The molecule has 26 heavy (non-hydrogen) atoms. The molecule has 0 spiro atoms. The lowest BCUT2D eigenvalue weighted by Crippen LogP contribution is -2.34. The first-order valence-electron chi connectivity index (χ1n) is 9.17. The highest BCUT2D eigenvalue weighted by atomic mass is 32.2. The summed E-state index contributed by atoms with van der Waals surface area (Å²) in [7, 11) is 0. The molecule has 0 aliphatic rings. The van der Waals surface area contributed by atoms with Crippen molar-refractivity contribution in [1.29, 1.82) is 0 Å². The fourth-order valence-electron chi connectivity index (χ4n) is 2.90. The third-order valence-corrected chi connectivity index (χ3v) is 6.34. The normalized spacial score (nSPS) is 12.7. The van der Waals surface area contributed by atoms with Gasteiger partial charge in [-0.2, -0.15) is 0 Å². The lowest BCUT2D eigenvalue weighted by Gasteiger charge is -2.15. The molecule has 2 heterocycles. The fourth-order valence-corrected chi connectivity index (χ4v) is 4.79. The second-order valence-electron chi connectivity index (χ2n) is 7.21. The van der Waals surface area contributed by atoms with Gasteiger partial charge in [-0.05, 0) is 38.7 Å². The highest BCUT2D eigenvalue weighted by molar-refractivity contribution is 7.99. The zero-order valence-corrected chi connectivity index (χ0v) is 18.1. The molecule has 0 aliphatic carbocycles. The largest absolute Gasteiger partial charge is 0.353 e. The first-order chi connectivity index (χ1) is 12.2. The Bertz CT molecular complexity index is 839. The predicted octanol–water partition coefficient (Wildman–Crippen LogP) is 4.13. The number of nitrogens with zero attached hydrogens (tertiary/aromatic N) is 2. The number of hydrogen-bond donors (Lipinski definition) is 1. The Hall–Kier alpha value is -1.34. The third kappa shape index (κ3) is 4.88. The van der Waals surface area contributed by atoms with Crippen LogP contribution in [-0.4, -0.2) is 27.3 Å². The molecule has 0 radical (unpaired) electrons. The average Bonchev–Trinajstić information content (AvgIpc) is 2.83. The van der Waals surface area contributed by atoms with Crippen molar-refractivity contribution in [1.82, 2.24) is 14.9 Å². The van der Waals surface area contributed by atoms with Crippen molar-refractivity contribution < 1.29 is 4.79 Å². The van der Waals surface area contributed by atoms with Gasteiger partial charge in [0.05, 0.1) is 11.1 Å². The van der Waals surface area contributed by atoms with Gasteiger partial charge in [0.2, 0.25) is 5.91 Å². The van der Waals surface area contributed by atoms with Crippen LogP contribution in [0.25, 0.3) is 10.2 Å². The summed E-state index contributed by atoms with van der Waals surface area (Å²) in [4.78, 5) is 31.9. The van der Waals surface area contributed by atoms with E-state index in [9.17, 15) is 9.59 Å². The van der Waals surface area contributed by atoms with Gasteiger partial charge in [-0.15, -0.1) is 11.3 Å². The van der Waals surface area contributed by atoms with Gasteiger partial charge in [0.15, 0.2) is 5.16 Å². The van der Waals surface area contributed by atoms with Crippen molar-refractivity contribution in [3.05, 3.63) is 20.8 Å². The summed E-state index contributed by atoms with van der Waals surface area (Å²) in [5, 5.41) is 4.36. The topological polar surface area (TPSA) is 64.0 Å². The number of thiophene rings is 1. The summed E-state index contributed by atoms with van der Waals surface area (Å²) in [6, 6.07) is 0.170. The van der Waals surface area contributed by atoms with Crippen molar-refractivity contribution in [3.8, 4) is 0 Å². The number of aromatic nitrogens is 2. The number of thioether (sulfide) groups is 1. The summed E-state index contributed by atoms with van der Waals surface area (Å²) in [5.41, 5.74) is 1.02. The number of aryl methyl sites for hydroxylation is 2. The van der Waals surface area contributed by atoms with Gasteiger partial charge in [-0.25, -0.2) is 4.98 Å². The van der Waals surface area contributed by atoms with Crippen LogP contribution in [0, 0.1) is 19.8 Å². The molecule has 7 heteroatoms. The van der Waals surface area contributed by atoms with Crippen molar-refractivity contribution in [2.75, 3.05) is 5.75 Å². The molecule has 1 unspecified atom stereocenters. The molecule has 2 aromatic heterocycles. The Morgan fingerprint density at radius 1 is 1.31 bits per heavy atom. The summed E-state index contributed by atoms with van der Waals surface area (Å²) in [6.45, 7) is 12.9. The molecular formula is C19H29N3O2S2. The average molecular weight is 396 g/mol. The maximum atomic E-state index is 13.0. The number of fused-ring (bicyclic) bond motifs is 1. The van der Waals surface area contributed by atoms with E-state index in [4.69, 9.17) is 4.98 Å². The third-order valence-electron chi connectivity index (χ3n) is 4.26. The number of rotatable bonds is 8. The van der Waals surface area contributed by atoms with Crippen LogP contribution in [0.1, 0.15) is 51.0 Å². The summed E-state index contributed by atoms with van der Waals surface area (Å²) in [6.07, 6.45) is 2.00. The molecule has 2 rings (SSSR count). The Balaban J connectivity index is 2.30. The van der Waals surface area contributed by atoms with E-state index < -0.39 is 0 Å². The highest BCUT2D eigenvalue weighted by Crippen LogP contribution is 2.28. The number of carbonyl (C=O) groups excluding carboxylic acids is 1. The summed E-state index contributed by atoms with van der Waals surface area (Å²) in [5.74, 6) is 0.581. The van der Waals surface area contributed by atoms with Gasteiger partial charge < -0.3 is 5.32 Å². The Kier molecular flexibility index (Phi) is 7.29. The van der Waals surface area contributed by atoms with Gasteiger partial charge in [-0.1, -0.05) is 39.0 Å². The van der Waals surface area contributed by atoms with Gasteiger partial charge in [0.1, 0.15) is 4.83 Å². The number of nitrogens with one attached hydrogen (secondary N) is 1. The lowest BCUT2D eigenvalue weighted by molar-refractivity contribution is -0.119. The molecule has 1 amide bonds. The van der Waals surface area contributed by atoms with Crippen molar-refractivity contribution in [3.63, 3.8) is 0 Å². The SMILES string of the molecule is CCCC(C)NC(=O)CSc1nc2sc(C)c(C)c2c(=O)n1CC(C)C. The fraction of sp³-hybridized carbons (Fsp3) is 0.632. The van der Waals surface area contributed by atoms with E-state index in [1.165, 1.54) is 11.8 Å². The molecule has 5 nitrogen and oxygen atoms in total. The zero-order chi connectivity index (χ0) is 19.4. The molecule has 0 bridgehead atoms. The molecule has 0 fully saturated rings. The number of carbonyl (C=O) groups is 1. The minimum atomic E-state index is -0.0140. The van der Waals surface area contributed by atoms with Gasteiger partial charge in [0.25, 0.3) is 5.56 Å². The van der Waals surface area contributed by atoms with Crippen LogP contribution in [0.15, 0.2) is 9.95 Å². The van der Waals surface area contributed by atoms with E-state index >= 15 is 0 Å². The van der Waals surface area contributed by atoms with Crippen molar-refractivity contribution in [2.24, 2.45) is 5.92 Å². The van der Waals surface area contributed by atoms with Crippen LogP contribution < -0.4 is 10.9 Å². The Labute approximate surface area is 163 Å². The minimum Gasteiger partial charge on any atom is -0.353 e. The first-order valence-corrected chi connectivity index (χ1v) is 11.0. The maximum Gasteiger partial charge on any atom is 0.263 e. The van der Waals surface area contributed by atoms with Crippen LogP contribution in [0.4, 0.5) is 0 Å².